The second-order valence-corrected chi connectivity index (χ2v) is 5.57. The summed E-state index contributed by atoms with van der Waals surface area (Å²) in [5.41, 5.74) is 2.44. The summed E-state index contributed by atoms with van der Waals surface area (Å²) in [6.45, 7) is 12.7. The van der Waals surface area contributed by atoms with Crippen LogP contribution in [0.2, 0.25) is 5.02 Å². The van der Waals surface area contributed by atoms with Gasteiger partial charge in [-0.3, -0.25) is 0 Å². The van der Waals surface area contributed by atoms with Crippen molar-refractivity contribution in [2.45, 2.75) is 53.2 Å². The van der Waals surface area contributed by atoms with Crippen LogP contribution in [0.25, 0.3) is 0 Å². The molecule has 0 radical (unpaired) electrons. The molecule has 0 saturated heterocycles. The van der Waals surface area contributed by atoms with Gasteiger partial charge in [-0.25, -0.2) is 0 Å². The van der Waals surface area contributed by atoms with E-state index in [1.807, 2.05) is 12.1 Å². The molecule has 0 atom stereocenters. The van der Waals surface area contributed by atoms with E-state index >= 15 is 0 Å². The molecule has 3 heteroatoms. The molecule has 0 heterocycles. The smallest absolute Gasteiger partial charge is 0.0643 e. The maximum Gasteiger partial charge on any atom is 0.0643 e. The molecule has 1 rings (SSSR count). The third-order valence-corrected chi connectivity index (χ3v) is 3.33. The van der Waals surface area contributed by atoms with Gasteiger partial charge in [-0.05, 0) is 32.4 Å². The molecule has 0 saturated carbocycles. The highest BCUT2D eigenvalue weighted by Gasteiger charge is 2.16. The monoisotopic (exact) mass is 268 g/mol. The first-order valence-corrected chi connectivity index (χ1v) is 7.12. The number of rotatable bonds is 6. The van der Waals surface area contributed by atoms with Crippen LogP contribution in [-0.4, -0.2) is 18.6 Å². The SMILES string of the molecule is CCN(c1c(Cl)cccc1CNC(C)C)C(C)C. The normalized spacial score (nSPS) is 11.3. The fourth-order valence-corrected chi connectivity index (χ4v) is 2.42. The predicted octanol–water partition coefficient (Wildman–Crippen LogP) is 4.07. The predicted molar refractivity (Wildman–Crippen MR) is 81.6 cm³/mol. The summed E-state index contributed by atoms with van der Waals surface area (Å²) in [5, 5.41) is 4.30. The Morgan fingerprint density at radius 2 is 1.89 bits per heavy atom. The molecule has 0 aliphatic carbocycles. The standard InChI is InChI=1S/C15H25ClN2/c1-6-18(12(4)5)15-13(10-17-11(2)3)8-7-9-14(15)16/h7-9,11-12,17H,6,10H2,1-5H3. The Balaban J connectivity index is 3.06. The van der Waals surface area contributed by atoms with Gasteiger partial charge < -0.3 is 10.2 Å². The average Bonchev–Trinajstić information content (AvgIpc) is 2.29. The van der Waals surface area contributed by atoms with Gasteiger partial charge in [0.1, 0.15) is 0 Å². The van der Waals surface area contributed by atoms with E-state index in [1.54, 1.807) is 0 Å². The maximum absolute atomic E-state index is 6.39. The molecular formula is C15H25ClN2. The van der Waals surface area contributed by atoms with E-state index < -0.39 is 0 Å². The Morgan fingerprint density at radius 3 is 2.39 bits per heavy atom. The number of hydrogen-bond donors (Lipinski definition) is 1. The van der Waals surface area contributed by atoms with Crippen molar-refractivity contribution in [3.05, 3.63) is 28.8 Å². The second-order valence-electron chi connectivity index (χ2n) is 5.16. The van der Waals surface area contributed by atoms with Gasteiger partial charge in [0.15, 0.2) is 0 Å². The quantitative estimate of drug-likeness (QED) is 0.837. The summed E-state index contributed by atoms with van der Waals surface area (Å²) in [4.78, 5) is 2.35. The third-order valence-electron chi connectivity index (χ3n) is 3.02. The topological polar surface area (TPSA) is 15.3 Å². The Morgan fingerprint density at radius 1 is 1.22 bits per heavy atom. The summed E-state index contributed by atoms with van der Waals surface area (Å²) < 4.78 is 0. The van der Waals surface area contributed by atoms with Gasteiger partial charge in [0, 0.05) is 25.2 Å². The van der Waals surface area contributed by atoms with Crippen LogP contribution in [0.3, 0.4) is 0 Å². The molecule has 0 spiro atoms. The average molecular weight is 269 g/mol. The lowest BCUT2D eigenvalue weighted by Gasteiger charge is -2.31. The summed E-state index contributed by atoms with van der Waals surface area (Å²) in [5.74, 6) is 0. The van der Waals surface area contributed by atoms with Gasteiger partial charge in [0.25, 0.3) is 0 Å². The van der Waals surface area contributed by atoms with E-state index in [1.165, 1.54) is 11.3 Å². The van der Waals surface area contributed by atoms with Gasteiger partial charge in [0.2, 0.25) is 0 Å². The Kier molecular flexibility index (Phi) is 5.97. The van der Waals surface area contributed by atoms with Crippen LogP contribution >= 0.6 is 11.6 Å². The van der Waals surface area contributed by atoms with Crippen LogP contribution in [0.15, 0.2) is 18.2 Å². The van der Waals surface area contributed by atoms with E-state index in [9.17, 15) is 0 Å². The molecule has 0 aliphatic rings. The molecule has 0 fully saturated rings. The summed E-state index contributed by atoms with van der Waals surface area (Å²) in [6.07, 6.45) is 0. The number of halogens is 1. The van der Waals surface area contributed by atoms with Crippen molar-refractivity contribution in [3.63, 3.8) is 0 Å². The van der Waals surface area contributed by atoms with Crippen LogP contribution in [-0.2, 0) is 6.54 Å². The van der Waals surface area contributed by atoms with Gasteiger partial charge >= 0.3 is 0 Å². The van der Waals surface area contributed by atoms with Crippen LogP contribution < -0.4 is 10.2 Å². The molecule has 18 heavy (non-hydrogen) atoms. The van der Waals surface area contributed by atoms with E-state index in [0.29, 0.717) is 12.1 Å². The van der Waals surface area contributed by atoms with Crippen LogP contribution in [0.1, 0.15) is 40.2 Å². The van der Waals surface area contributed by atoms with Gasteiger partial charge in [-0.1, -0.05) is 37.6 Å². The summed E-state index contributed by atoms with van der Waals surface area (Å²) in [7, 11) is 0. The molecule has 1 aromatic rings. The molecular weight excluding hydrogens is 244 g/mol. The Labute approximate surface area is 116 Å². The molecule has 0 amide bonds. The van der Waals surface area contributed by atoms with Gasteiger partial charge in [-0.2, -0.15) is 0 Å². The number of benzene rings is 1. The first-order chi connectivity index (χ1) is 8.47. The molecule has 0 aromatic heterocycles. The number of anilines is 1. The van der Waals surface area contributed by atoms with Crippen molar-refractivity contribution in [1.29, 1.82) is 0 Å². The molecule has 0 unspecified atom stereocenters. The van der Waals surface area contributed by atoms with Crippen molar-refractivity contribution < 1.29 is 0 Å². The molecule has 2 nitrogen and oxygen atoms in total. The zero-order valence-corrected chi connectivity index (χ0v) is 12.9. The van der Waals surface area contributed by atoms with Gasteiger partial charge in [-0.15, -0.1) is 0 Å². The van der Waals surface area contributed by atoms with E-state index in [0.717, 1.165) is 18.1 Å². The highest BCUT2D eigenvalue weighted by Crippen LogP contribution is 2.31. The number of nitrogens with one attached hydrogen (secondary N) is 1. The first kappa shape index (κ1) is 15.3. The zero-order chi connectivity index (χ0) is 13.7. The van der Waals surface area contributed by atoms with Crippen molar-refractivity contribution in [2.75, 3.05) is 11.4 Å². The summed E-state index contributed by atoms with van der Waals surface area (Å²) >= 11 is 6.39. The van der Waals surface area contributed by atoms with Crippen molar-refractivity contribution in [2.24, 2.45) is 0 Å². The third kappa shape index (κ3) is 3.89. The molecule has 102 valence electrons. The highest BCUT2D eigenvalue weighted by molar-refractivity contribution is 6.33. The molecule has 1 N–H and O–H groups in total. The number of hydrogen-bond acceptors (Lipinski definition) is 2. The first-order valence-electron chi connectivity index (χ1n) is 6.74. The van der Waals surface area contributed by atoms with Crippen molar-refractivity contribution in [1.82, 2.24) is 5.32 Å². The summed E-state index contributed by atoms with van der Waals surface area (Å²) in [6, 6.07) is 7.08. The van der Waals surface area contributed by atoms with E-state index in [-0.39, 0.29) is 0 Å². The lowest BCUT2D eigenvalue weighted by atomic mass is 10.1. The van der Waals surface area contributed by atoms with Crippen LogP contribution in [0.5, 0.6) is 0 Å². The zero-order valence-electron chi connectivity index (χ0n) is 12.1. The van der Waals surface area contributed by atoms with E-state index in [2.05, 4.69) is 50.9 Å². The second kappa shape index (κ2) is 7.01. The Bertz CT molecular complexity index is 375. The highest BCUT2D eigenvalue weighted by atomic mass is 35.5. The molecule has 0 aliphatic heterocycles. The largest absolute Gasteiger partial charge is 0.368 e. The minimum absolute atomic E-state index is 0.452. The Hall–Kier alpha value is -0.730. The minimum Gasteiger partial charge on any atom is -0.368 e. The van der Waals surface area contributed by atoms with Crippen molar-refractivity contribution >= 4 is 17.3 Å². The van der Waals surface area contributed by atoms with Crippen molar-refractivity contribution in [3.8, 4) is 0 Å². The number of para-hydroxylation sites is 1. The van der Waals surface area contributed by atoms with Crippen LogP contribution in [0.4, 0.5) is 5.69 Å². The fourth-order valence-electron chi connectivity index (χ4n) is 2.12. The lowest BCUT2D eigenvalue weighted by molar-refractivity contribution is 0.586. The van der Waals surface area contributed by atoms with Gasteiger partial charge in [0.05, 0.1) is 10.7 Å². The minimum atomic E-state index is 0.452. The number of nitrogens with zero attached hydrogens (tertiary/aromatic N) is 1. The lowest BCUT2D eigenvalue weighted by Crippen LogP contribution is -2.32. The molecule has 0 bridgehead atoms. The van der Waals surface area contributed by atoms with Crippen LogP contribution in [0, 0.1) is 0 Å². The molecule has 1 aromatic carbocycles. The fraction of sp³-hybridized carbons (Fsp3) is 0.600. The maximum atomic E-state index is 6.39. The van der Waals surface area contributed by atoms with E-state index in [4.69, 9.17) is 11.6 Å².